The molecule has 1 aliphatic heterocycles. The fourth-order valence-corrected chi connectivity index (χ4v) is 20.7. The minimum atomic E-state index is -4.06. The number of nitriles is 1. The van der Waals surface area contributed by atoms with E-state index in [4.69, 9.17) is 47.9 Å². The van der Waals surface area contributed by atoms with Gasteiger partial charge in [0.25, 0.3) is 5.56 Å². The first-order valence-electron chi connectivity index (χ1n) is 22.0. The number of ether oxygens (including phenoxy) is 2. The lowest BCUT2D eigenvalue weighted by atomic mass is 10.1. The van der Waals surface area contributed by atoms with Crippen LogP contribution in [0.2, 0.25) is 22.2 Å². The van der Waals surface area contributed by atoms with Crippen LogP contribution >= 0.6 is 15.0 Å². The number of aromatic amines is 1. The van der Waals surface area contributed by atoms with Gasteiger partial charge in [0.15, 0.2) is 17.4 Å². The van der Waals surface area contributed by atoms with Crippen molar-refractivity contribution < 1.29 is 60.3 Å². The second-order valence-electron chi connectivity index (χ2n) is 17.9. The number of fused-ring (bicyclic) bond motifs is 1. The van der Waals surface area contributed by atoms with Crippen LogP contribution in [-0.2, 0) is 52.5 Å². The van der Waals surface area contributed by atoms with Crippen LogP contribution in [0.1, 0.15) is 94.7 Å². The molecule has 368 valence electrons. The molecule has 9 atom stereocenters. The predicted molar refractivity (Wildman–Crippen MR) is 249 cm³/mol. The van der Waals surface area contributed by atoms with Gasteiger partial charge in [0.1, 0.15) is 30.7 Å². The van der Waals surface area contributed by atoms with Crippen LogP contribution in [-0.4, -0.2) is 118 Å². The van der Waals surface area contributed by atoms with Crippen molar-refractivity contribution in [2.24, 2.45) is 11.8 Å². The first-order valence-corrected chi connectivity index (χ1v) is 29.8. The number of amides is 1. The number of H-pyrrole nitrogens is 1. The summed E-state index contributed by atoms with van der Waals surface area (Å²) < 4.78 is 65.4. The van der Waals surface area contributed by atoms with E-state index in [-0.39, 0.29) is 71.8 Å². The van der Waals surface area contributed by atoms with Crippen molar-refractivity contribution in [3.63, 3.8) is 0 Å². The van der Waals surface area contributed by atoms with Crippen molar-refractivity contribution in [3.05, 3.63) is 35.3 Å². The lowest BCUT2D eigenvalue weighted by Crippen LogP contribution is -2.62. The molecule has 66 heavy (non-hydrogen) atoms. The summed E-state index contributed by atoms with van der Waals surface area (Å²) in [5.74, 6) is -1.30. The number of carbonyl (C=O) groups excluding carboxylic acids is 1. The molecule has 0 aromatic carbocycles. The second-order valence-corrected chi connectivity index (χ2v) is 30.3. The number of nitrogens with one attached hydrogen (secondary N) is 2. The molecule has 1 saturated heterocycles. The topological polar surface area (TPSA) is 294 Å². The average molecular weight is 1020 g/mol. The quantitative estimate of drug-likeness (QED) is 0.0421. The lowest BCUT2D eigenvalue weighted by molar-refractivity contribution is -0.118. The molecule has 2 aliphatic rings. The van der Waals surface area contributed by atoms with E-state index in [0.717, 1.165) is 0 Å². The fraction of sp³-hybridized carbons (Fsp3) is 0.718. The molecule has 1 amide bonds. The van der Waals surface area contributed by atoms with Crippen molar-refractivity contribution in [1.82, 2.24) is 29.5 Å². The molecule has 27 heteroatoms. The van der Waals surface area contributed by atoms with E-state index >= 15 is 0 Å². The van der Waals surface area contributed by atoms with Gasteiger partial charge in [0.2, 0.25) is 17.7 Å². The number of anilines is 1. The van der Waals surface area contributed by atoms with Gasteiger partial charge >= 0.3 is 32.1 Å². The second kappa shape index (κ2) is 23.1. The van der Waals surface area contributed by atoms with E-state index in [1.807, 2.05) is 61.5 Å². The Balaban J connectivity index is 1.62. The highest BCUT2D eigenvalue weighted by Gasteiger charge is 2.60. The zero-order valence-corrected chi connectivity index (χ0v) is 43.6. The van der Waals surface area contributed by atoms with Crippen LogP contribution in [0.3, 0.4) is 0 Å². The summed E-state index contributed by atoms with van der Waals surface area (Å²) in [6.45, 7) is 13.7. The molecule has 0 spiro atoms. The van der Waals surface area contributed by atoms with Crippen LogP contribution in [0.25, 0.3) is 11.2 Å². The Kier molecular flexibility index (Phi) is 18.9. The Bertz CT molecular complexity index is 2260. The van der Waals surface area contributed by atoms with Crippen molar-refractivity contribution in [2.45, 2.75) is 147 Å². The number of aliphatic hydroxyl groups is 1. The van der Waals surface area contributed by atoms with E-state index in [0.29, 0.717) is 5.88 Å². The largest absolute Gasteiger partial charge is 0.474 e. The molecule has 3 aromatic rings. The molecule has 1 saturated carbocycles. The highest BCUT2D eigenvalue weighted by molar-refractivity contribution is 8.07. The summed E-state index contributed by atoms with van der Waals surface area (Å²) in [4.78, 5) is 67.8. The van der Waals surface area contributed by atoms with Crippen LogP contribution in [0, 0.1) is 23.2 Å². The smallest absolute Gasteiger partial charge is 0.335 e. The van der Waals surface area contributed by atoms with Crippen LogP contribution < -0.4 is 15.6 Å². The standard InChI is InChI=1S/C39H64N8O14P2SSi2/c1-22(2)36(49)45-39-44-35-32(37(50)46-39)43-21-47(35)38-34(33(30(18-48)57-38)60-66(25(7)8,26(9)10)61-65(53,23(3)4)24(5)6)59-63(64,54-15-11-13-40)55-19-27-16-28(17-29(27)58-62(51)52)56-31-12-14-41-20-42-31/h12,14,20-30,33-34,38,48,53,62H,11,15-19H2,1-10H3,(H,51,52)(H2,44,45,46,49,50)/t27-,28-,29+,30-,33-,34-,38-,63-/m1/s1. The van der Waals surface area contributed by atoms with Crippen molar-refractivity contribution in [1.29, 1.82) is 5.26 Å². The number of carbonyl (C=O) groups is 1. The normalized spacial score (nSPS) is 24.2. The van der Waals surface area contributed by atoms with Crippen LogP contribution in [0.15, 0.2) is 29.7 Å². The number of aromatic nitrogens is 6. The predicted octanol–water partition coefficient (Wildman–Crippen LogP) is 5.49. The Morgan fingerprint density at radius 3 is 2.36 bits per heavy atom. The molecular weight excluding hydrogens is 955 g/mol. The highest BCUT2D eigenvalue weighted by atomic mass is 32.5. The first kappa shape index (κ1) is 54.1. The zero-order valence-electron chi connectivity index (χ0n) is 38.9. The van der Waals surface area contributed by atoms with Crippen LogP contribution in [0.5, 0.6) is 5.88 Å². The Morgan fingerprint density at radius 2 is 1.79 bits per heavy atom. The third kappa shape index (κ3) is 12.6. The van der Waals surface area contributed by atoms with Gasteiger partial charge in [-0.3, -0.25) is 33.5 Å². The molecule has 5 rings (SSSR count). The van der Waals surface area contributed by atoms with E-state index in [1.165, 1.54) is 23.4 Å². The summed E-state index contributed by atoms with van der Waals surface area (Å²) in [7, 11) is -10.6. The van der Waals surface area contributed by atoms with E-state index in [9.17, 15) is 34.2 Å². The summed E-state index contributed by atoms with van der Waals surface area (Å²) >= 11 is 6.14. The molecule has 22 nitrogen and oxygen atoms in total. The summed E-state index contributed by atoms with van der Waals surface area (Å²) in [6, 6.07) is 3.60. The maximum Gasteiger partial charge on any atom is 0.335 e. The monoisotopic (exact) mass is 1020 g/mol. The van der Waals surface area contributed by atoms with E-state index in [2.05, 4.69) is 30.2 Å². The molecule has 2 fully saturated rings. The fourth-order valence-electron chi connectivity index (χ4n) is 8.07. The van der Waals surface area contributed by atoms with E-state index in [1.54, 1.807) is 19.9 Å². The van der Waals surface area contributed by atoms with Gasteiger partial charge in [-0.15, -0.1) is 0 Å². The molecule has 5 N–H and O–H groups in total. The molecular formula is C39H64N8O14P2SSi2. The summed E-state index contributed by atoms with van der Waals surface area (Å²) in [6.07, 6.45) is -1.83. The van der Waals surface area contributed by atoms with Gasteiger partial charge in [-0.1, -0.05) is 69.2 Å². The van der Waals surface area contributed by atoms with Gasteiger partial charge in [-0.2, -0.15) is 10.2 Å². The SMILES string of the molecule is CC(C)C(=O)Nc1nc2c(ncn2[C@@H]2O[C@H](CO)[C@@H](O[Si](O[Si](O)(C(C)C)C(C)C)(C(C)C)C(C)C)[C@H]2O[P@@](=S)(OCCC#N)OC[C@H]2C[C@@H](Oc3ccncn3)C[C@@H]2O[PH](=O)O)c(=O)[nH]1. The number of hydrogen-bond donors (Lipinski definition) is 5. The molecule has 0 bridgehead atoms. The highest BCUT2D eigenvalue weighted by Crippen LogP contribution is 2.56. The third-order valence-electron chi connectivity index (χ3n) is 11.7. The minimum absolute atomic E-state index is 0.0258. The number of rotatable bonds is 24. The van der Waals surface area contributed by atoms with Gasteiger partial charge in [0.05, 0.1) is 44.7 Å². The number of imidazole rings is 1. The molecule has 4 heterocycles. The van der Waals surface area contributed by atoms with Gasteiger partial charge in [-0.05, 0) is 40.4 Å². The molecule has 1 unspecified atom stereocenters. The summed E-state index contributed by atoms with van der Waals surface area (Å²) in [5.41, 5.74) is -1.84. The third-order valence-corrected chi connectivity index (χ3v) is 24.3. The minimum Gasteiger partial charge on any atom is -0.474 e. The van der Waals surface area contributed by atoms with Gasteiger partial charge in [-0.25, -0.2) is 15.0 Å². The number of aliphatic hydroxyl groups excluding tert-OH is 1. The Hall–Kier alpha value is -2.90. The Morgan fingerprint density at radius 1 is 1.09 bits per heavy atom. The maximum atomic E-state index is 13.4. The van der Waals surface area contributed by atoms with Gasteiger partial charge in [0, 0.05) is 30.5 Å². The van der Waals surface area contributed by atoms with E-state index < -0.39 is 98.8 Å². The average Bonchev–Trinajstić information content (AvgIpc) is 3.94. The van der Waals surface area contributed by atoms with Crippen molar-refractivity contribution >= 4 is 66.9 Å². The number of nitrogens with zero attached hydrogens (tertiary/aromatic N) is 6. The zero-order chi connectivity index (χ0) is 48.7. The molecule has 0 radical (unpaired) electrons. The number of hydrogen-bond acceptors (Lipinski definition) is 19. The maximum absolute atomic E-state index is 13.4. The summed E-state index contributed by atoms with van der Waals surface area (Å²) in [5, 5.41) is 23.2. The van der Waals surface area contributed by atoms with Gasteiger partial charge < -0.3 is 46.4 Å². The van der Waals surface area contributed by atoms with Crippen molar-refractivity contribution in [2.75, 3.05) is 25.1 Å². The van der Waals surface area contributed by atoms with Crippen molar-refractivity contribution in [3.8, 4) is 11.9 Å². The Labute approximate surface area is 392 Å². The molecule has 3 aromatic heterocycles. The molecule has 1 aliphatic carbocycles. The lowest BCUT2D eigenvalue weighted by Gasteiger charge is -2.47. The first-order chi connectivity index (χ1) is 31.1. The van der Waals surface area contributed by atoms with Crippen LogP contribution in [0.4, 0.5) is 5.95 Å².